The molecule has 270 valence electrons. The van der Waals surface area contributed by atoms with Gasteiger partial charge in [-0.2, -0.15) is 0 Å². The summed E-state index contributed by atoms with van der Waals surface area (Å²) in [5, 5.41) is 6.61. The van der Waals surface area contributed by atoms with Crippen LogP contribution in [0.1, 0.15) is 108 Å². The first-order valence-electron chi connectivity index (χ1n) is 19.4. The minimum absolute atomic E-state index is 0.00451. The zero-order valence-corrected chi connectivity index (χ0v) is 30.1. The van der Waals surface area contributed by atoms with Crippen molar-refractivity contribution in [2.45, 2.75) is 95.9 Å². The average molecular weight is 699 g/mol. The van der Waals surface area contributed by atoms with Crippen molar-refractivity contribution in [3.05, 3.63) is 119 Å². The number of pyridine rings is 2. The number of para-hydroxylation sites is 1. The van der Waals surface area contributed by atoms with Gasteiger partial charge in [0.25, 0.3) is 11.8 Å². The van der Waals surface area contributed by atoms with Gasteiger partial charge in [0, 0.05) is 24.5 Å². The van der Waals surface area contributed by atoms with Crippen molar-refractivity contribution < 1.29 is 19.1 Å². The van der Waals surface area contributed by atoms with Gasteiger partial charge < -0.3 is 20.1 Å². The van der Waals surface area contributed by atoms with E-state index in [1.165, 1.54) is 37.7 Å². The largest absolute Gasteiger partial charge is 0.487 e. The Labute approximate surface area is 307 Å². The van der Waals surface area contributed by atoms with Crippen LogP contribution < -0.4 is 20.1 Å². The van der Waals surface area contributed by atoms with Gasteiger partial charge in [-0.3, -0.25) is 19.6 Å². The number of hydrogen-bond donors (Lipinski definition) is 2. The Morgan fingerprint density at radius 1 is 0.692 bits per heavy atom. The van der Waals surface area contributed by atoms with Crippen molar-refractivity contribution >= 4 is 11.8 Å². The van der Waals surface area contributed by atoms with Gasteiger partial charge in [-0.05, 0) is 154 Å². The third kappa shape index (κ3) is 8.01. The van der Waals surface area contributed by atoms with E-state index in [1.54, 1.807) is 12.4 Å². The first-order chi connectivity index (χ1) is 25.4. The van der Waals surface area contributed by atoms with Crippen LogP contribution in [0.4, 0.5) is 0 Å². The zero-order chi connectivity index (χ0) is 35.4. The molecule has 5 aliphatic rings. The van der Waals surface area contributed by atoms with Crippen molar-refractivity contribution in [3.63, 3.8) is 0 Å². The molecule has 1 atom stereocenters. The fourth-order valence-corrected chi connectivity index (χ4v) is 9.73. The Hall–Kier alpha value is -4.72. The molecule has 5 fully saturated rings. The molecule has 2 amide bonds. The molecule has 5 aliphatic carbocycles. The van der Waals surface area contributed by atoms with Gasteiger partial charge in [0.1, 0.15) is 24.7 Å². The molecule has 0 spiro atoms. The fourth-order valence-electron chi connectivity index (χ4n) is 9.73. The molecule has 52 heavy (non-hydrogen) atoms. The molecule has 0 saturated heterocycles. The van der Waals surface area contributed by atoms with Crippen LogP contribution in [-0.2, 0) is 13.2 Å². The van der Waals surface area contributed by atoms with Gasteiger partial charge in [0.2, 0.25) is 0 Å². The Bertz CT molecular complexity index is 1790. The van der Waals surface area contributed by atoms with Crippen LogP contribution in [0.25, 0.3) is 0 Å². The highest BCUT2D eigenvalue weighted by Crippen LogP contribution is 2.53. The van der Waals surface area contributed by atoms with E-state index in [-0.39, 0.29) is 17.9 Å². The molecule has 8 heteroatoms. The van der Waals surface area contributed by atoms with E-state index in [4.69, 9.17) is 9.47 Å². The van der Waals surface area contributed by atoms with Crippen molar-refractivity contribution in [1.29, 1.82) is 0 Å². The summed E-state index contributed by atoms with van der Waals surface area (Å²) in [4.78, 5) is 35.2. The molecular formula is C44H50N4O4. The Balaban J connectivity index is 0.773. The summed E-state index contributed by atoms with van der Waals surface area (Å²) >= 11 is 0. The van der Waals surface area contributed by atoms with Crippen LogP contribution in [0.3, 0.4) is 0 Å². The quantitative estimate of drug-likeness (QED) is 0.154. The second kappa shape index (κ2) is 15.5. The standard InChI is InChI=1S/C44H50N4O4/c1-28(47-43(49)34-14-16-38(45-24-34)26-51-40-7-3-2-4-8-40)31-10-12-32(13-11-31)33-6-5-9-41(23-33)52-27-39-17-15-35(25-46-39)44(50)48-42-36-19-29-18-30(21-36)22-37(42)20-29/h2-9,14-17,23-25,28-32,36-37,42H,10-13,18-22,26-27H2,1H3,(H,47,49)(H,48,50)/t28-,29?,30?,31?,32?,36?,37?,42?/m1/s1. The number of rotatable bonds is 12. The predicted octanol–water partition coefficient (Wildman–Crippen LogP) is 8.28. The van der Waals surface area contributed by atoms with E-state index in [0.29, 0.717) is 54.1 Å². The van der Waals surface area contributed by atoms with Crippen LogP contribution in [-0.4, -0.2) is 33.9 Å². The molecule has 2 heterocycles. The maximum absolute atomic E-state index is 13.1. The predicted molar refractivity (Wildman–Crippen MR) is 200 cm³/mol. The summed E-state index contributed by atoms with van der Waals surface area (Å²) in [7, 11) is 0. The number of nitrogens with one attached hydrogen (secondary N) is 2. The second-order valence-electron chi connectivity index (χ2n) is 15.8. The maximum atomic E-state index is 13.1. The number of amides is 2. The molecule has 4 aromatic rings. The zero-order valence-electron chi connectivity index (χ0n) is 30.1. The van der Waals surface area contributed by atoms with Crippen LogP contribution in [0, 0.1) is 29.6 Å². The monoisotopic (exact) mass is 698 g/mol. The third-order valence-corrected chi connectivity index (χ3v) is 12.4. The molecule has 9 rings (SSSR count). The highest BCUT2D eigenvalue weighted by atomic mass is 16.5. The molecule has 2 aromatic heterocycles. The summed E-state index contributed by atoms with van der Waals surface area (Å²) in [5.41, 5.74) is 4.06. The molecule has 5 saturated carbocycles. The Morgan fingerprint density at radius 2 is 1.29 bits per heavy atom. The lowest BCUT2D eigenvalue weighted by Crippen LogP contribution is -2.55. The summed E-state index contributed by atoms with van der Waals surface area (Å²) < 4.78 is 11.9. The highest BCUT2D eigenvalue weighted by molar-refractivity contribution is 5.94. The first kappa shape index (κ1) is 34.4. The van der Waals surface area contributed by atoms with E-state index >= 15 is 0 Å². The van der Waals surface area contributed by atoms with Gasteiger partial charge in [-0.25, -0.2) is 0 Å². The highest BCUT2D eigenvalue weighted by Gasteiger charge is 2.48. The van der Waals surface area contributed by atoms with Crippen LogP contribution in [0.15, 0.2) is 91.3 Å². The first-order valence-corrected chi connectivity index (χ1v) is 19.4. The lowest BCUT2D eigenvalue weighted by molar-refractivity contribution is -0.0119. The minimum Gasteiger partial charge on any atom is -0.487 e. The number of benzene rings is 2. The smallest absolute Gasteiger partial charge is 0.253 e. The van der Waals surface area contributed by atoms with Crippen molar-refractivity contribution in [2.75, 3.05) is 0 Å². The molecule has 8 nitrogen and oxygen atoms in total. The third-order valence-electron chi connectivity index (χ3n) is 12.4. The molecule has 2 aromatic carbocycles. The lowest BCUT2D eigenvalue weighted by Gasteiger charge is -2.54. The van der Waals surface area contributed by atoms with Gasteiger partial charge in [-0.1, -0.05) is 30.3 Å². The Morgan fingerprint density at radius 3 is 1.90 bits per heavy atom. The Kier molecular flexibility index (Phi) is 10.2. The molecule has 0 aliphatic heterocycles. The average Bonchev–Trinajstić information content (AvgIpc) is 3.18. The van der Waals surface area contributed by atoms with Gasteiger partial charge in [0.15, 0.2) is 0 Å². The normalized spacial score (nSPS) is 26.7. The van der Waals surface area contributed by atoms with Crippen LogP contribution in [0.5, 0.6) is 11.5 Å². The van der Waals surface area contributed by atoms with Gasteiger partial charge >= 0.3 is 0 Å². The summed E-state index contributed by atoms with van der Waals surface area (Å²) in [6, 6.07) is 25.9. The number of ether oxygens (including phenoxy) is 2. The van der Waals surface area contributed by atoms with E-state index in [0.717, 1.165) is 60.4 Å². The number of aromatic nitrogens is 2. The van der Waals surface area contributed by atoms with Crippen LogP contribution in [0.2, 0.25) is 0 Å². The number of carbonyl (C=O) groups excluding carboxylic acids is 2. The molecule has 4 bridgehead atoms. The number of hydrogen-bond acceptors (Lipinski definition) is 6. The van der Waals surface area contributed by atoms with E-state index in [1.807, 2.05) is 60.7 Å². The molecule has 0 radical (unpaired) electrons. The molecule has 0 unspecified atom stereocenters. The topological polar surface area (TPSA) is 102 Å². The van der Waals surface area contributed by atoms with E-state index < -0.39 is 0 Å². The van der Waals surface area contributed by atoms with Gasteiger partial charge in [0.05, 0.1) is 22.5 Å². The second-order valence-corrected chi connectivity index (χ2v) is 15.8. The summed E-state index contributed by atoms with van der Waals surface area (Å²) in [5.74, 6) is 5.52. The summed E-state index contributed by atoms with van der Waals surface area (Å²) in [6.45, 7) is 2.82. The van der Waals surface area contributed by atoms with Crippen molar-refractivity contribution in [2.24, 2.45) is 29.6 Å². The lowest BCUT2D eigenvalue weighted by atomic mass is 9.54. The van der Waals surface area contributed by atoms with Crippen molar-refractivity contribution in [1.82, 2.24) is 20.6 Å². The fraction of sp³-hybridized carbons (Fsp3) is 0.455. The number of nitrogens with zero attached hydrogens (tertiary/aromatic N) is 2. The number of carbonyl (C=O) groups is 2. The minimum atomic E-state index is -0.0903. The maximum Gasteiger partial charge on any atom is 0.253 e. The van der Waals surface area contributed by atoms with Crippen LogP contribution >= 0.6 is 0 Å². The summed E-state index contributed by atoms with van der Waals surface area (Å²) in [6.07, 6.45) is 14.1. The van der Waals surface area contributed by atoms with Gasteiger partial charge in [-0.15, -0.1) is 0 Å². The van der Waals surface area contributed by atoms with E-state index in [9.17, 15) is 9.59 Å². The van der Waals surface area contributed by atoms with Crippen molar-refractivity contribution in [3.8, 4) is 11.5 Å². The molecule has 2 N–H and O–H groups in total. The SMILES string of the molecule is C[C@@H](NC(=O)c1ccc(COc2ccccc2)nc1)C1CCC(c2cccc(OCc3ccc(C(=O)NC4C5CC6CC(C5)CC4C6)cn3)c2)CC1. The van der Waals surface area contributed by atoms with E-state index in [2.05, 4.69) is 45.7 Å². The molecular weight excluding hydrogens is 649 g/mol.